The molecule has 0 spiro atoms. The predicted molar refractivity (Wildman–Crippen MR) is 107 cm³/mol. The van der Waals surface area contributed by atoms with Crippen molar-refractivity contribution in [3.05, 3.63) is 63.2 Å². The van der Waals surface area contributed by atoms with Crippen LogP contribution >= 0.6 is 11.6 Å². The van der Waals surface area contributed by atoms with Crippen LogP contribution in [0.3, 0.4) is 0 Å². The second kappa shape index (κ2) is 6.49. The molecule has 1 aromatic heterocycles. The van der Waals surface area contributed by atoms with Gasteiger partial charge in [-0.15, -0.1) is 10.2 Å². The SMILES string of the molecule is CC(C)=C(C)C1=C(C)n2c(C)nnc2C(C)(N)N=C1c1ccc(Cl)cc1. The Labute approximate surface area is 159 Å². The van der Waals surface area contributed by atoms with Gasteiger partial charge < -0.3 is 5.73 Å². The van der Waals surface area contributed by atoms with Gasteiger partial charge in [-0.25, -0.2) is 0 Å². The Morgan fingerprint density at radius 3 is 2.27 bits per heavy atom. The number of hydrogen-bond donors (Lipinski definition) is 1. The zero-order valence-corrected chi connectivity index (χ0v) is 16.8. The Kier molecular flexibility index (Phi) is 4.63. The average Bonchev–Trinajstić information content (AvgIpc) is 2.93. The molecule has 2 heterocycles. The first kappa shape index (κ1) is 18.5. The number of aromatic nitrogens is 3. The van der Waals surface area contributed by atoms with Crippen molar-refractivity contribution in [2.75, 3.05) is 0 Å². The molecule has 1 aliphatic heterocycles. The van der Waals surface area contributed by atoms with Crippen molar-refractivity contribution in [2.45, 2.75) is 47.2 Å². The van der Waals surface area contributed by atoms with Crippen molar-refractivity contribution in [3.63, 3.8) is 0 Å². The van der Waals surface area contributed by atoms with Gasteiger partial charge in [0, 0.05) is 21.9 Å². The molecule has 0 bridgehead atoms. The Morgan fingerprint density at radius 2 is 1.69 bits per heavy atom. The largest absolute Gasteiger partial charge is 0.301 e. The number of nitrogens with zero attached hydrogens (tertiary/aromatic N) is 4. The zero-order valence-electron chi connectivity index (χ0n) is 16.1. The molecule has 1 aliphatic rings. The summed E-state index contributed by atoms with van der Waals surface area (Å²) in [6.07, 6.45) is 0. The van der Waals surface area contributed by atoms with Crippen LogP contribution in [0.4, 0.5) is 0 Å². The maximum absolute atomic E-state index is 6.58. The molecule has 2 N–H and O–H groups in total. The van der Waals surface area contributed by atoms with Crippen LogP contribution in [0.2, 0.25) is 5.02 Å². The smallest absolute Gasteiger partial charge is 0.179 e. The number of hydrogen-bond acceptors (Lipinski definition) is 4. The van der Waals surface area contributed by atoms with E-state index in [1.165, 1.54) is 5.57 Å². The number of fused-ring (bicyclic) bond motifs is 1. The highest BCUT2D eigenvalue weighted by Crippen LogP contribution is 2.34. The Balaban J connectivity index is 2.41. The molecule has 26 heavy (non-hydrogen) atoms. The van der Waals surface area contributed by atoms with Crippen LogP contribution in [-0.2, 0) is 5.66 Å². The van der Waals surface area contributed by atoms with Crippen LogP contribution in [0, 0.1) is 6.92 Å². The fraction of sp³-hybridized carbons (Fsp3) is 0.350. The fourth-order valence-electron chi connectivity index (χ4n) is 3.23. The third-order valence-electron chi connectivity index (χ3n) is 4.80. The summed E-state index contributed by atoms with van der Waals surface area (Å²) in [4.78, 5) is 4.93. The lowest BCUT2D eigenvalue weighted by molar-refractivity contribution is 0.481. The number of halogens is 1. The molecule has 136 valence electrons. The maximum Gasteiger partial charge on any atom is 0.179 e. The predicted octanol–water partition coefficient (Wildman–Crippen LogP) is 4.46. The lowest BCUT2D eigenvalue weighted by Crippen LogP contribution is -2.34. The summed E-state index contributed by atoms with van der Waals surface area (Å²) in [6.45, 7) is 12.2. The molecule has 0 aliphatic carbocycles. The first-order chi connectivity index (χ1) is 12.1. The van der Waals surface area contributed by atoms with Crippen molar-refractivity contribution in [1.82, 2.24) is 14.8 Å². The number of nitrogens with two attached hydrogens (primary N) is 1. The van der Waals surface area contributed by atoms with E-state index in [1.54, 1.807) is 0 Å². The number of benzene rings is 1. The van der Waals surface area contributed by atoms with Gasteiger partial charge in [0.1, 0.15) is 5.82 Å². The van der Waals surface area contributed by atoms with Gasteiger partial charge in [0.05, 0.1) is 5.71 Å². The van der Waals surface area contributed by atoms with Crippen LogP contribution in [-0.4, -0.2) is 20.5 Å². The second-order valence-corrected chi connectivity index (χ2v) is 7.54. The lowest BCUT2D eigenvalue weighted by Gasteiger charge is -2.19. The highest BCUT2D eigenvalue weighted by molar-refractivity contribution is 6.30. The highest BCUT2D eigenvalue weighted by Gasteiger charge is 2.34. The molecule has 0 amide bonds. The minimum Gasteiger partial charge on any atom is -0.301 e. The van der Waals surface area contributed by atoms with Crippen molar-refractivity contribution >= 4 is 23.0 Å². The topological polar surface area (TPSA) is 69.1 Å². The van der Waals surface area contributed by atoms with E-state index in [-0.39, 0.29) is 0 Å². The lowest BCUT2D eigenvalue weighted by atomic mass is 9.92. The van der Waals surface area contributed by atoms with E-state index in [9.17, 15) is 0 Å². The van der Waals surface area contributed by atoms with Gasteiger partial charge in [-0.05, 0) is 59.2 Å². The number of allylic oxidation sites excluding steroid dienone is 4. The highest BCUT2D eigenvalue weighted by atomic mass is 35.5. The van der Waals surface area contributed by atoms with Gasteiger partial charge >= 0.3 is 0 Å². The maximum atomic E-state index is 6.58. The van der Waals surface area contributed by atoms with Crippen LogP contribution < -0.4 is 5.73 Å². The van der Waals surface area contributed by atoms with E-state index >= 15 is 0 Å². The number of aliphatic imine (C=N–C) groups is 1. The normalized spacial score (nSPS) is 19.8. The Hall–Kier alpha value is -2.24. The van der Waals surface area contributed by atoms with Crippen molar-refractivity contribution in [2.24, 2.45) is 10.7 Å². The zero-order chi connectivity index (χ0) is 19.2. The number of rotatable bonds is 2. The standard InChI is InChI=1S/C20H24ClN5/c1-11(2)12(3)17-13(4)26-14(5)24-25-19(26)20(6,22)23-18(17)15-7-9-16(21)10-8-15/h7-10H,22H2,1-6H3. The molecule has 1 unspecified atom stereocenters. The van der Waals surface area contributed by atoms with Gasteiger partial charge in [-0.3, -0.25) is 9.56 Å². The first-order valence-electron chi connectivity index (χ1n) is 8.56. The summed E-state index contributed by atoms with van der Waals surface area (Å²) in [6, 6.07) is 7.69. The molecule has 0 fully saturated rings. The average molecular weight is 370 g/mol. The van der Waals surface area contributed by atoms with Crippen molar-refractivity contribution in [3.8, 4) is 0 Å². The van der Waals surface area contributed by atoms with Crippen molar-refractivity contribution < 1.29 is 0 Å². The molecule has 6 heteroatoms. The minimum absolute atomic E-state index is 0.635. The van der Waals surface area contributed by atoms with Crippen LogP contribution in [0.15, 0.2) is 46.0 Å². The van der Waals surface area contributed by atoms with E-state index < -0.39 is 5.66 Å². The number of aryl methyl sites for hydroxylation is 1. The molecular formula is C20H24ClN5. The minimum atomic E-state index is -0.999. The molecule has 2 aromatic rings. The Bertz CT molecular complexity index is 955. The third kappa shape index (κ3) is 3.02. The molecule has 5 nitrogen and oxygen atoms in total. The summed E-state index contributed by atoms with van der Waals surface area (Å²) in [7, 11) is 0. The van der Waals surface area contributed by atoms with Gasteiger partial charge in [-0.1, -0.05) is 29.3 Å². The molecule has 1 atom stereocenters. The molecular weight excluding hydrogens is 346 g/mol. The van der Waals surface area contributed by atoms with E-state index in [1.807, 2.05) is 42.7 Å². The molecule has 0 saturated heterocycles. The molecule has 3 rings (SSSR count). The van der Waals surface area contributed by atoms with Gasteiger partial charge in [0.25, 0.3) is 0 Å². The van der Waals surface area contributed by atoms with Gasteiger partial charge in [-0.2, -0.15) is 0 Å². The van der Waals surface area contributed by atoms with E-state index in [0.29, 0.717) is 10.8 Å². The summed E-state index contributed by atoms with van der Waals surface area (Å²) in [5, 5.41) is 9.23. The second-order valence-electron chi connectivity index (χ2n) is 7.11. The van der Waals surface area contributed by atoms with Gasteiger partial charge in [0.2, 0.25) is 0 Å². The Morgan fingerprint density at radius 1 is 1.08 bits per heavy atom. The first-order valence-corrected chi connectivity index (χ1v) is 8.94. The third-order valence-corrected chi connectivity index (χ3v) is 5.05. The van der Waals surface area contributed by atoms with Crippen LogP contribution in [0.5, 0.6) is 0 Å². The molecule has 0 radical (unpaired) electrons. The summed E-state index contributed by atoms with van der Waals surface area (Å²) < 4.78 is 2.01. The van der Waals surface area contributed by atoms with E-state index in [0.717, 1.165) is 33.9 Å². The van der Waals surface area contributed by atoms with E-state index in [2.05, 4.69) is 37.9 Å². The van der Waals surface area contributed by atoms with Gasteiger partial charge in [0.15, 0.2) is 11.5 Å². The summed E-state index contributed by atoms with van der Waals surface area (Å²) in [5.74, 6) is 1.43. The summed E-state index contributed by atoms with van der Waals surface area (Å²) in [5.41, 5.74) is 11.8. The quantitative estimate of drug-likeness (QED) is 0.849. The van der Waals surface area contributed by atoms with Crippen LogP contribution in [0.25, 0.3) is 5.70 Å². The monoisotopic (exact) mass is 369 g/mol. The van der Waals surface area contributed by atoms with E-state index in [4.69, 9.17) is 22.3 Å². The summed E-state index contributed by atoms with van der Waals surface area (Å²) >= 11 is 6.08. The van der Waals surface area contributed by atoms with Crippen LogP contribution in [0.1, 0.15) is 51.8 Å². The van der Waals surface area contributed by atoms with Crippen molar-refractivity contribution in [1.29, 1.82) is 0 Å². The molecule has 0 saturated carbocycles. The fourth-order valence-corrected chi connectivity index (χ4v) is 3.35. The molecule has 1 aromatic carbocycles.